The molecule has 0 spiro atoms. The van der Waals surface area contributed by atoms with Crippen LogP contribution in [0.25, 0.3) is 0 Å². The van der Waals surface area contributed by atoms with Crippen LogP contribution in [0.5, 0.6) is 0 Å². The lowest BCUT2D eigenvalue weighted by molar-refractivity contribution is 0.473. The monoisotopic (exact) mass is 233 g/mol. The SMILES string of the molecule is CCCCC(CC)CNc1ccc(C)c(C)c1. The fraction of sp³-hybridized carbons (Fsp3) is 0.625. The Labute approximate surface area is 107 Å². The molecule has 0 aliphatic heterocycles. The third-order valence-electron chi connectivity index (χ3n) is 3.65. The molecule has 0 fully saturated rings. The third kappa shape index (κ3) is 4.80. The van der Waals surface area contributed by atoms with E-state index in [9.17, 15) is 0 Å². The number of hydrogen-bond donors (Lipinski definition) is 1. The molecule has 1 unspecified atom stereocenters. The smallest absolute Gasteiger partial charge is 0.0343 e. The minimum Gasteiger partial charge on any atom is -0.385 e. The molecule has 1 aromatic carbocycles. The van der Waals surface area contributed by atoms with Crippen LogP contribution in [0.4, 0.5) is 5.69 Å². The summed E-state index contributed by atoms with van der Waals surface area (Å²) in [6, 6.07) is 6.64. The third-order valence-corrected chi connectivity index (χ3v) is 3.65. The van der Waals surface area contributed by atoms with Crippen molar-refractivity contribution >= 4 is 5.69 Å². The number of aryl methyl sites for hydroxylation is 2. The van der Waals surface area contributed by atoms with E-state index in [4.69, 9.17) is 0 Å². The van der Waals surface area contributed by atoms with Gasteiger partial charge < -0.3 is 5.32 Å². The molecule has 0 saturated carbocycles. The van der Waals surface area contributed by atoms with Crippen LogP contribution in [0, 0.1) is 19.8 Å². The molecule has 1 rings (SSSR count). The van der Waals surface area contributed by atoms with Gasteiger partial charge in [0.15, 0.2) is 0 Å². The highest BCUT2D eigenvalue weighted by atomic mass is 14.9. The summed E-state index contributed by atoms with van der Waals surface area (Å²) in [6.07, 6.45) is 5.29. The second-order valence-corrected chi connectivity index (χ2v) is 5.10. The molecule has 0 saturated heterocycles. The van der Waals surface area contributed by atoms with Gasteiger partial charge in [0.2, 0.25) is 0 Å². The first-order chi connectivity index (χ1) is 8.17. The Hall–Kier alpha value is -0.980. The van der Waals surface area contributed by atoms with Gasteiger partial charge in [0.1, 0.15) is 0 Å². The molecule has 0 bridgehead atoms. The summed E-state index contributed by atoms with van der Waals surface area (Å²) >= 11 is 0. The van der Waals surface area contributed by atoms with E-state index in [1.165, 1.54) is 42.5 Å². The molecule has 0 radical (unpaired) electrons. The van der Waals surface area contributed by atoms with Crippen molar-refractivity contribution in [2.45, 2.75) is 53.4 Å². The normalized spacial score (nSPS) is 12.5. The van der Waals surface area contributed by atoms with Crippen molar-refractivity contribution in [1.29, 1.82) is 0 Å². The maximum absolute atomic E-state index is 3.57. The fourth-order valence-corrected chi connectivity index (χ4v) is 2.06. The van der Waals surface area contributed by atoms with Crippen LogP contribution in [0.15, 0.2) is 18.2 Å². The largest absolute Gasteiger partial charge is 0.385 e. The van der Waals surface area contributed by atoms with E-state index in [2.05, 4.69) is 51.2 Å². The lowest BCUT2D eigenvalue weighted by atomic mass is 9.99. The van der Waals surface area contributed by atoms with Crippen molar-refractivity contribution in [3.63, 3.8) is 0 Å². The molecule has 0 aliphatic carbocycles. The summed E-state index contributed by atoms with van der Waals surface area (Å²) in [6.45, 7) is 10.0. The highest BCUT2D eigenvalue weighted by Gasteiger charge is 2.05. The topological polar surface area (TPSA) is 12.0 Å². The number of rotatable bonds is 7. The Balaban J connectivity index is 2.45. The zero-order valence-electron chi connectivity index (χ0n) is 11.8. The maximum Gasteiger partial charge on any atom is 0.0343 e. The quantitative estimate of drug-likeness (QED) is 0.704. The maximum atomic E-state index is 3.57. The second kappa shape index (κ2) is 7.37. The van der Waals surface area contributed by atoms with Crippen LogP contribution in [0.3, 0.4) is 0 Å². The van der Waals surface area contributed by atoms with Crippen molar-refractivity contribution in [2.24, 2.45) is 5.92 Å². The highest BCUT2D eigenvalue weighted by molar-refractivity contribution is 5.48. The van der Waals surface area contributed by atoms with Crippen molar-refractivity contribution in [3.8, 4) is 0 Å². The first-order valence-electron chi connectivity index (χ1n) is 6.98. The minimum atomic E-state index is 0.816. The summed E-state index contributed by atoms with van der Waals surface area (Å²) in [7, 11) is 0. The first-order valence-corrected chi connectivity index (χ1v) is 6.98. The van der Waals surface area contributed by atoms with Crippen LogP contribution < -0.4 is 5.32 Å². The lowest BCUT2D eigenvalue weighted by Gasteiger charge is -2.16. The molecule has 1 heteroatoms. The van der Waals surface area contributed by atoms with E-state index in [0.29, 0.717) is 0 Å². The van der Waals surface area contributed by atoms with Crippen LogP contribution in [0.1, 0.15) is 50.7 Å². The number of benzene rings is 1. The van der Waals surface area contributed by atoms with Gasteiger partial charge in [-0.2, -0.15) is 0 Å². The second-order valence-electron chi connectivity index (χ2n) is 5.10. The fourth-order valence-electron chi connectivity index (χ4n) is 2.06. The van der Waals surface area contributed by atoms with Gasteiger partial charge in [-0.1, -0.05) is 39.2 Å². The van der Waals surface area contributed by atoms with Crippen LogP contribution >= 0.6 is 0 Å². The number of nitrogens with one attached hydrogen (secondary N) is 1. The molecular weight excluding hydrogens is 206 g/mol. The van der Waals surface area contributed by atoms with Crippen molar-refractivity contribution < 1.29 is 0 Å². The molecule has 1 aromatic rings. The van der Waals surface area contributed by atoms with Gasteiger partial charge >= 0.3 is 0 Å². The van der Waals surface area contributed by atoms with E-state index >= 15 is 0 Å². The van der Waals surface area contributed by atoms with Gasteiger partial charge in [-0.3, -0.25) is 0 Å². The number of unbranched alkanes of at least 4 members (excludes halogenated alkanes) is 1. The van der Waals surface area contributed by atoms with Gasteiger partial charge in [0.25, 0.3) is 0 Å². The molecule has 0 aromatic heterocycles. The molecule has 0 heterocycles. The zero-order chi connectivity index (χ0) is 12.7. The number of hydrogen-bond acceptors (Lipinski definition) is 1. The van der Waals surface area contributed by atoms with E-state index < -0.39 is 0 Å². The highest BCUT2D eigenvalue weighted by Crippen LogP contribution is 2.17. The predicted octanol–water partition coefficient (Wildman–Crippen LogP) is 4.93. The van der Waals surface area contributed by atoms with Gasteiger partial charge in [-0.15, -0.1) is 0 Å². The standard InChI is InChI=1S/C16H27N/c1-5-7-8-15(6-2)12-17-16-10-9-13(3)14(4)11-16/h9-11,15,17H,5-8,12H2,1-4H3. The Bertz CT molecular complexity index is 330. The summed E-state index contributed by atoms with van der Waals surface area (Å²) < 4.78 is 0. The Kier molecular flexibility index (Phi) is 6.10. The Morgan fingerprint density at radius 3 is 2.47 bits per heavy atom. The van der Waals surface area contributed by atoms with Gasteiger partial charge in [0, 0.05) is 12.2 Å². The number of anilines is 1. The van der Waals surface area contributed by atoms with Crippen molar-refractivity contribution in [1.82, 2.24) is 0 Å². The summed E-state index contributed by atoms with van der Waals surface area (Å²) in [5.41, 5.74) is 4.01. The van der Waals surface area contributed by atoms with Crippen molar-refractivity contribution in [3.05, 3.63) is 29.3 Å². The minimum absolute atomic E-state index is 0.816. The molecule has 0 amide bonds. The van der Waals surface area contributed by atoms with Crippen LogP contribution in [0.2, 0.25) is 0 Å². The van der Waals surface area contributed by atoms with E-state index in [-0.39, 0.29) is 0 Å². The summed E-state index contributed by atoms with van der Waals surface area (Å²) in [5, 5.41) is 3.57. The zero-order valence-corrected chi connectivity index (χ0v) is 11.8. The molecule has 1 N–H and O–H groups in total. The molecular formula is C16H27N. The van der Waals surface area contributed by atoms with E-state index in [1.54, 1.807) is 0 Å². The van der Waals surface area contributed by atoms with E-state index in [1.807, 2.05) is 0 Å². The average molecular weight is 233 g/mol. The van der Waals surface area contributed by atoms with Crippen molar-refractivity contribution in [2.75, 3.05) is 11.9 Å². The predicted molar refractivity (Wildman–Crippen MR) is 77.7 cm³/mol. The average Bonchev–Trinajstić information content (AvgIpc) is 2.34. The van der Waals surface area contributed by atoms with E-state index in [0.717, 1.165) is 12.5 Å². The summed E-state index contributed by atoms with van der Waals surface area (Å²) in [4.78, 5) is 0. The van der Waals surface area contributed by atoms with Gasteiger partial charge in [0.05, 0.1) is 0 Å². The Morgan fingerprint density at radius 1 is 1.12 bits per heavy atom. The summed E-state index contributed by atoms with van der Waals surface area (Å²) in [5.74, 6) is 0.816. The molecule has 96 valence electrons. The lowest BCUT2D eigenvalue weighted by Crippen LogP contribution is -2.13. The van der Waals surface area contributed by atoms with Crippen LogP contribution in [-0.2, 0) is 0 Å². The molecule has 0 aliphatic rings. The first kappa shape index (κ1) is 14.1. The Morgan fingerprint density at radius 2 is 1.88 bits per heavy atom. The molecule has 1 atom stereocenters. The van der Waals surface area contributed by atoms with Crippen LogP contribution in [-0.4, -0.2) is 6.54 Å². The van der Waals surface area contributed by atoms with Gasteiger partial charge in [-0.25, -0.2) is 0 Å². The molecule has 17 heavy (non-hydrogen) atoms. The van der Waals surface area contributed by atoms with Gasteiger partial charge in [-0.05, 0) is 49.4 Å². The molecule has 1 nitrogen and oxygen atoms in total.